The van der Waals surface area contributed by atoms with Crippen molar-refractivity contribution in [2.75, 3.05) is 43.1 Å². The summed E-state index contributed by atoms with van der Waals surface area (Å²) in [5, 5.41) is 6.99. The van der Waals surface area contributed by atoms with Crippen molar-refractivity contribution in [2.45, 2.75) is 39.5 Å². The van der Waals surface area contributed by atoms with Gasteiger partial charge in [0, 0.05) is 24.5 Å². The van der Waals surface area contributed by atoms with E-state index < -0.39 is 0 Å². The average molecular weight is 424 g/mol. The second-order valence-corrected chi connectivity index (χ2v) is 8.37. The first kappa shape index (κ1) is 22.8. The van der Waals surface area contributed by atoms with E-state index in [1.54, 1.807) is 6.21 Å². The Morgan fingerprint density at radius 2 is 1.68 bits per heavy atom. The van der Waals surface area contributed by atoms with E-state index in [4.69, 9.17) is 9.57 Å². The Hall–Kier alpha value is -2.86. The predicted octanol–water partition coefficient (Wildman–Crippen LogP) is 4.76. The van der Waals surface area contributed by atoms with Gasteiger partial charge in [0.1, 0.15) is 0 Å². The third kappa shape index (κ3) is 6.31. The first-order valence-electron chi connectivity index (χ1n) is 11.0. The van der Waals surface area contributed by atoms with E-state index in [0.717, 1.165) is 48.7 Å². The molecule has 166 valence electrons. The molecule has 2 aromatic carbocycles. The molecule has 1 saturated heterocycles. The molecule has 3 rings (SSSR count). The van der Waals surface area contributed by atoms with Gasteiger partial charge in [-0.1, -0.05) is 63.2 Å². The van der Waals surface area contributed by atoms with Crippen molar-refractivity contribution in [3.05, 3.63) is 59.2 Å². The first-order valence-corrected chi connectivity index (χ1v) is 11.0. The summed E-state index contributed by atoms with van der Waals surface area (Å²) in [7, 11) is 0. The van der Waals surface area contributed by atoms with Crippen LogP contribution in [0.1, 0.15) is 56.2 Å². The Balaban J connectivity index is 1.54. The highest BCUT2D eigenvalue weighted by Gasteiger charge is 2.16. The van der Waals surface area contributed by atoms with Gasteiger partial charge < -0.3 is 19.8 Å². The lowest BCUT2D eigenvalue weighted by Crippen LogP contribution is -2.36. The predicted molar refractivity (Wildman–Crippen MR) is 126 cm³/mol. The molecular weight excluding hydrogens is 390 g/mol. The van der Waals surface area contributed by atoms with E-state index in [2.05, 4.69) is 67.3 Å². The molecule has 6 nitrogen and oxygen atoms in total. The van der Waals surface area contributed by atoms with Crippen LogP contribution in [0.2, 0.25) is 0 Å². The smallest absolute Gasteiger partial charge is 0.265 e. The van der Waals surface area contributed by atoms with Crippen molar-refractivity contribution in [1.82, 2.24) is 0 Å². The molecule has 1 amide bonds. The van der Waals surface area contributed by atoms with E-state index in [-0.39, 0.29) is 12.5 Å². The minimum absolute atomic E-state index is 0.133. The average Bonchev–Trinajstić information content (AvgIpc) is 2.77. The summed E-state index contributed by atoms with van der Waals surface area (Å²) in [6, 6.07) is 14.3. The Labute approximate surface area is 185 Å². The fraction of sp³-hybridized carbons (Fsp3) is 0.440. The number of benzene rings is 2. The number of amides is 1. The van der Waals surface area contributed by atoms with Gasteiger partial charge in [-0.15, -0.1) is 0 Å². The zero-order valence-electron chi connectivity index (χ0n) is 18.9. The van der Waals surface area contributed by atoms with Gasteiger partial charge >= 0.3 is 0 Å². The summed E-state index contributed by atoms with van der Waals surface area (Å²) in [5.41, 5.74) is 5.24. The molecule has 1 fully saturated rings. The van der Waals surface area contributed by atoms with E-state index in [9.17, 15) is 4.79 Å². The lowest BCUT2D eigenvalue weighted by Gasteiger charge is -2.28. The van der Waals surface area contributed by atoms with Crippen molar-refractivity contribution >= 4 is 23.5 Å². The van der Waals surface area contributed by atoms with E-state index >= 15 is 0 Å². The molecular formula is C25H33N3O3. The number of hydrogen-bond acceptors (Lipinski definition) is 5. The number of anilines is 2. The summed E-state index contributed by atoms with van der Waals surface area (Å²) in [6.07, 6.45) is 1.62. The van der Waals surface area contributed by atoms with Crippen LogP contribution in [0, 0.1) is 0 Å². The van der Waals surface area contributed by atoms with Crippen molar-refractivity contribution < 1.29 is 14.4 Å². The molecule has 0 saturated carbocycles. The van der Waals surface area contributed by atoms with Crippen molar-refractivity contribution in [3.8, 4) is 0 Å². The van der Waals surface area contributed by atoms with Gasteiger partial charge in [-0.25, -0.2) is 0 Å². The fourth-order valence-corrected chi connectivity index (χ4v) is 3.66. The molecule has 6 heteroatoms. The van der Waals surface area contributed by atoms with Crippen LogP contribution in [0.3, 0.4) is 0 Å². The molecule has 1 heterocycles. The van der Waals surface area contributed by atoms with Gasteiger partial charge in [-0.05, 0) is 40.7 Å². The number of nitrogens with zero attached hydrogens (tertiary/aromatic N) is 2. The zero-order valence-corrected chi connectivity index (χ0v) is 18.9. The lowest BCUT2D eigenvalue weighted by molar-refractivity contribution is -0.120. The Morgan fingerprint density at radius 1 is 1.06 bits per heavy atom. The van der Waals surface area contributed by atoms with Crippen LogP contribution in [0.25, 0.3) is 0 Å². The number of rotatable bonds is 8. The number of oxime groups is 1. The number of ether oxygens (including phenoxy) is 1. The van der Waals surface area contributed by atoms with E-state index in [1.165, 1.54) is 5.69 Å². The standard InChI is InChI=1S/C25H33N3O3/c1-18(2)22-6-5-7-23(19(3)4)25(22)27-24(29)17-31-26-16-20-8-10-21(11-9-20)28-12-14-30-15-13-28/h5-11,16,18-19H,12-15,17H2,1-4H3,(H,27,29)/b26-16+. The molecule has 0 unspecified atom stereocenters. The Morgan fingerprint density at radius 3 is 2.26 bits per heavy atom. The molecule has 31 heavy (non-hydrogen) atoms. The van der Waals surface area contributed by atoms with Gasteiger partial charge in [0.05, 0.1) is 19.4 Å². The number of nitrogens with one attached hydrogen (secondary N) is 1. The van der Waals surface area contributed by atoms with Gasteiger partial charge in [0.2, 0.25) is 0 Å². The summed E-state index contributed by atoms with van der Waals surface area (Å²) >= 11 is 0. The van der Waals surface area contributed by atoms with Crippen LogP contribution in [0.15, 0.2) is 47.6 Å². The molecule has 1 aliphatic heterocycles. The maximum Gasteiger partial charge on any atom is 0.265 e. The highest BCUT2D eigenvalue weighted by atomic mass is 16.6. The summed E-state index contributed by atoms with van der Waals surface area (Å²) < 4.78 is 5.39. The van der Waals surface area contributed by atoms with Crippen LogP contribution < -0.4 is 10.2 Å². The Bertz CT molecular complexity index is 859. The minimum atomic E-state index is -0.213. The molecule has 0 aliphatic carbocycles. The quantitative estimate of drug-likeness (QED) is 0.491. The van der Waals surface area contributed by atoms with Gasteiger partial charge in [-0.2, -0.15) is 0 Å². The number of morpholine rings is 1. The molecule has 2 aromatic rings. The molecule has 1 N–H and O–H groups in total. The maximum atomic E-state index is 12.5. The maximum absolute atomic E-state index is 12.5. The molecule has 0 bridgehead atoms. The third-order valence-electron chi connectivity index (χ3n) is 5.38. The monoisotopic (exact) mass is 423 g/mol. The molecule has 0 radical (unpaired) electrons. The summed E-state index contributed by atoms with van der Waals surface area (Å²) in [4.78, 5) is 20.0. The van der Waals surface area contributed by atoms with Crippen LogP contribution in [0.4, 0.5) is 11.4 Å². The lowest BCUT2D eigenvalue weighted by atomic mass is 9.92. The highest BCUT2D eigenvalue weighted by Crippen LogP contribution is 2.32. The van der Waals surface area contributed by atoms with E-state index in [1.807, 2.05) is 18.2 Å². The van der Waals surface area contributed by atoms with Gasteiger partial charge in [0.25, 0.3) is 5.91 Å². The van der Waals surface area contributed by atoms with Gasteiger partial charge in [-0.3, -0.25) is 4.79 Å². The van der Waals surface area contributed by atoms with Crippen LogP contribution >= 0.6 is 0 Å². The number of para-hydroxylation sites is 1. The van der Waals surface area contributed by atoms with E-state index in [0.29, 0.717) is 11.8 Å². The van der Waals surface area contributed by atoms with Gasteiger partial charge in [0.15, 0.2) is 6.61 Å². The number of carbonyl (C=O) groups is 1. The first-order chi connectivity index (χ1) is 15.0. The van der Waals surface area contributed by atoms with Crippen molar-refractivity contribution in [1.29, 1.82) is 0 Å². The van der Waals surface area contributed by atoms with Crippen LogP contribution in [-0.2, 0) is 14.4 Å². The van der Waals surface area contributed by atoms with Crippen molar-refractivity contribution in [2.24, 2.45) is 5.16 Å². The zero-order chi connectivity index (χ0) is 22.2. The molecule has 1 aliphatic rings. The second kappa shape index (κ2) is 11.0. The molecule has 0 spiro atoms. The third-order valence-corrected chi connectivity index (χ3v) is 5.38. The topological polar surface area (TPSA) is 63.2 Å². The van der Waals surface area contributed by atoms with Crippen molar-refractivity contribution in [3.63, 3.8) is 0 Å². The van der Waals surface area contributed by atoms with Crippen LogP contribution in [-0.4, -0.2) is 45.0 Å². The second-order valence-electron chi connectivity index (χ2n) is 8.37. The fourth-order valence-electron chi connectivity index (χ4n) is 3.66. The minimum Gasteiger partial charge on any atom is -0.386 e. The number of carbonyl (C=O) groups excluding carboxylic acids is 1. The Kier molecular flexibility index (Phi) is 8.06. The molecule has 0 atom stereocenters. The number of hydrogen-bond donors (Lipinski definition) is 1. The van der Waals surface area contributed by atoms with Crippen LogP contribution in [0.5, 0.6) is 0 Å². The SMILES string of the molecule is CC(C)c1cccc(C(C)C)c1NC(=O)CO/N=C/c1ccc(N2CCOCC2)cc1. The largest absolute Gasteiger partial charge is 0.386 e. The normalized spacial score (nSPS) is 14.5. The molecule has 0 aromatic heterocycles. The highest BCUT2D eigenvalue weighted by molar-refractivity contribution is 5.93. The summed E-state index contributed by atoms with van der Waals surface area (Å²) in [5.74, 6) is 0.413. The summed E-state index contributed by atoms with van der Waals surface area (Å²) in [6.45, 7) is 11.7.